The molecule has 0 bridgehead atoms. The number of nitriles is 1. The summed E-state index contributed by atoms with van der Waals surface area (Å²) in [5, 5.41) is 11.2. The molecule has 0 saturated carbocycles. The van der Waals surface area contributed by atoms with Gasteiger partial charge in [0.25, 0.3) is 5.91 Å². The summed E-state index contributed by atoms with van der Waals surface area (Å²) in [4.78, 5) is 11.6. The Morgan fingerprint density at radius 1 is 1.44 bits per heavy atom. The Bertz CT molecular complexity index is 398. The second-order valence-electron chi connectivity index (χ2n) is 3.38. The molecule has 1 aromatic carbocycles. The van der Waals surface area contributed by atoms with Crippen molar-refractivity contribution in [2.45, 2.75) is 19.3 Å². The van der Waals surface area contributed by atoms with Gasteiger partial charge in [0.2, 0.25) is 0 Å². The van der Waals surface area contributed by atoms with Crippen molar-refractivity contribution < 1.29 is 4.79 Å². The maximum atomic E-state index is 11.6. The summed E-state index contributed by atoms with van der Waals surface area (Å²) in [5.74, 6) is -0.0711. The number of amides is 1. The first-order valence-electron chi connectivity index (χ1n) is 5.15. The molecule has 0 unspecified atom stereocenters. The Balaban J connectivity index is 2.33. The van der Waals surface area contributed by atoms with Gasteiger partial charge in [0.1, 0.15) is 0 Å². The van der Waals surface area contributed by atoms with Crippen LogP contribution in [0.3, 0.4) is 0 Å². The number of nitrogens with one attached hydrogen (secondary N) is 1. The number of carbonyl (C=O) groups is 1. The van der Waals surface area contributed by atoms with E-state index >= 15 is 0 Å². The standard InChI is InChI=1S/C12H13BrN2O/c13-11-6-4-5-10(9-11)12(16)15-8-3-1-2-7-14/h4-6,9H,1-3,8H2,(H,15,16). The van der Waals surface area contributed by atoms with Crippen LogP contribution in [-0.2, 0) is 0 Å². The Kier molecular flexibility index (Phi) is 5.58. The molecule has 0 aromatic heterocycles. The maximum absolute atomic E-state index is 11.6. The van der Waals surface area contributed by atoms with Gasteiger partial charge in [-0.25, -0.2) is 0 Å². The third-order valence-electron chi connectivity index (χ3n) is 2.09. The summed E-state index contributed by atoms with van der Waals surface area (Å²) in [5.41, 5.74) is 0.648. The molecule has 84 valence electrons. The highest BCUT2D eigenvalue weighted by atomic mass is 79.9. The summed E-state index contributed by atoms with van der Waals surface area (Å²) in [6.07, 6.45) is 2.22. The van der Waals surface area contributed by atoms with E-state index in [1.165, 1.54) is 0 Å². The number of benzene rings is 1. The Morgan fingerprint density at radius 2 is 2.25 bits per heavy atom. The number of halogens is 1. The first-order valence-corrected chi connectivity index (χ1v) is 5.94. The van der Waals surface area contributed by atoms with E-state index < -0.39 is 0 Å². The van der Waals surface area contributed by atoms with Crippen molar-refractivity contribution in [2.75, 3.05) is 6.54 Å². The third-order valence-corrected chi connectivity index (χ3v) is 2.58. The van der Waals surface area contributed by atoms with E-state index in [4.69, 9.17) is 5.26 Å². The molecule has 1 rings (SSSR count). The van der Waals surface area contributed by atoms with E-state index in [1.54, 1.807) is 12.1 Å². The quantitative estimate of drug-likeness (QED) is 0.844. The number of carbonyl (C=O) groups excluding carboxylic acids is 1. The van der Waals surface area contributed by atoms with Crippen LogP contribution in [0.2, 0.25) is 0 Å². The minimum Gasteiger partial charge on any atom is -0.352 e. The molecule has 4 heteroatoms. The Morgan fingerprint density at radius 3 is 2.94 bits per heavy atom. The molecular weight excluding hydrogens is 268 g/mol. The summed E-state index contributed by atoms with van der Waals surface area (Å²) in [6, 6.07) is 9.34. The fraction of sp³-hybridized carbons (Fsp3) is 0.333. The average molecular weight is 281 g/mol. The lowest BCUT2D eigenvalue weighted by Crippen LogP contribution is -2.24. The van der Waals surface area contributed by atoms with E-state index in [0.29, 0.717) is 18.5 Å². The molecule has 16 heavy (non-hydrogen) atoms. The largest absolute Gasteiger partial charge is 0.352 e. The lowest BCUT2D eigenvalue weighted by Gasteiger charge is -2.04. The number of rotatable bonds is 5. The molecule has 0 aliphatic rings. The lowest BCUT2D eigenvalue weighted by atomic mass is 10.2. The molecule has 0 aliphatic carbocycles. The number of nitrogens with zero attached hydrogens (tertiary/aromatic N) is 1. The summed E-state index contributed by atoms with van der Waals surface area (Å²) >= 11 is 3.32. The highest BCUT2D eigenvalue weighted by Crippen LogP contribution is 2.11. The van der Waals surface area contributed by atoms with E-state index in [1.807, 2.05) is 12.1 Å². The van der Waals surface area contributed by atoms with Crippen molar-refractivity contribution in [1.29, 1.82) is 5.26 Å². The van der Waals surface area contributed by atoms with Crippen LogP contribution in [-0.4, -0.2) is 12.5 Å². The summed E-state index contributed by atoms with van der Waals surface area (Å²) < 4.78 is 0.893. The zero-order chi connectivity index (χ0) is 11.8. The van der Waals surface area contributed by atoms with Crippen LogP contribution >= 0.6 is 15.9 Å². The predicted molar refractivity (Wildman–Crippen MR) is 65.9 cm³/mol. The molecule has 0 spiro atoms. The molecule has 3 nitrogen and oxygen atoms in total. The van der Waals surface area contributed by atoms with Gasteiger partial charge >= 0.3 is 0 Å². The van der Waals surface area contributed by atoms with Gasteiger partial charge in [0, 0.05) is 23.0 Å². The van der Waals surface area contributed by atoms with Crippen LogP contribution in [0, 0.1) is 11.3 Å². The molecule has 1 N–H and O–H groups in total. The maximum Gasteiger partial charge on any atom is 0.251 e. The van der Waals surface area contributed by atoms with Crippen LogP contribution < -0.4 is 5.32 Å². The molecule has 0 heterocycles. The Labute approximate surface area is 104 Å². The highest BCUT2D eigenvalue weighted by molar-refractivity contribution is 9.10. The fourth-order valence-corrected chi connectivity index (χ4v) is 1.66. The van der Waals surface area contributed by atoms with Crippen molar-refractivity contribution in [2.24, 2.45) is 0 Å². The zero-order valence-corrected chi connectivity index (χ0v) is 10.5. The van der Waals surface area contributed by atoms with E-state index in [-0.39, 0.29) is 5.91 Å². The Hall–Kier alpha value is -1.34. The first-order chi connectivity index (χ1) is 7.74. The van der Waals surface area contributed by atoms with Gasteiger partial charge in [-0.2, -0.15) is 5.26 Å². The van der Waals surface area contributed by atoms with Crippen molar-refractivity contribution in [3.8, 4) is 6.07 Å². The summed E-state index contributed by atoms with van der Waals surface area (Å²) in [6.45, 7) is 0.618. The SMILES string of the molecule is N#CCCCCNC(=O)c1cccc(Br)c1. The summed E-state index contributed by atoms with van der Waals surface area (Å²) in [7, 11) is 0. The number of hydrogen-bond donors (Lipinski definition) is 1. The molecule has 0 radical (unpaired) electrons. The van der Waals surface area contributed by atoms with Gasteiger partial charge in [0.15, 0.2) is 0 Å². The molecule has 1 amide bonds. The number of hydrogen-bond acceptors (Lipinski definition) is 2. The van der Waals surface area contributed by atoms with Gasteiger partial charge in [-0.1, -0.05) is 22.0 Å². The van der Waals surface area contributed by atoms with Crippen LogP contribution in [0.15, 0.2) is 28.7 Å². The second-order valence-corrected chi connectivity index (χ2v) is 4.30. The van der Waals surface area contributed by atoms with Gasteiger partial charge < -0.3 is 5.32 Å². The van der Waals surface area contributed by atoms with Gasteiger partial charge in [-0.3, -0.25) is 4.79 Å². The van der Waals surface area contributed by atoms with E-state index in [2.05, 4.69) is 27.3 Å². The normalized spacial score (nSPS) is 9.50. The van der Waals surface area contributed by atoms with E-state index in [9.17, 15) is 4.79 Å². The monoisotopic (exact) mass is 280 g/mol. The minimum absolute atomic E-state index is 0.0711. The number of unbranched alkanes of at least 4 members (excludes halogenated alkanes) is 2. The molecule has 0 saturated heterocycles. The van der Waals surface area contributed by atoms with Crippen LogP contribution in [0.5, 0.6) is 0 Å². The second kappa shape index (κ2) is 7.02. The first kappa shape index (κ1) is 12.7. The predicted octanol–water partition coefficient (Wildman–Crippen LogP) is 2.87. The highest BCUT2D eigenvalue weighted by Gasteiger charge is 2.04. The van der Waals surface area contributed by atoms with Crippen molar-refractivity contribution in [1.82, 2.24) is 5.32 Å². The van der Waals surface area contributed by atoms with Gasteiger partial charge in [0.05, 0.1) is 6.07 Å². The molecule has 0 atom stereocenters. The van der Waals surface area contributed by atoms with Crippen molar-refractivity contribution >= 4 is 21.8 Å². The molecular formula is C12H13BrN2O. The van der Waals surface area contributed by atoms with Crippen LogP contribution in [0.25, 0.3) is 0 Å². The molecule has 0 aliphatic heterocycles. The smallest absolute Gasteiger partial charge is 0.251 e. The van der Waals surface area contributed by atoms with E-state index in [0.717, 1.165) is 17.3 Å². The fourth-order valence-electron chi connectivity index (χ4n) is 1.26. The average Bonchev–Trinajstić information content (AvgIpc) is 2.28. The lowest BCUT2D eigenvalue weighted by molar-refractivity contribution is 0.0953. The molecule has 0 fully saturated rings. The van der Waals surface area contributed by atoms with Crippen LogP contribution in [0.4, 0.5) is 0 Å². The van der Waals surface area contributed by atoms with Gasteiger partial charge in [-0.15, -0.1) is 0 Å². The van der Waals surface area contributed by atoms with Crippen LogP contribution in [0.1, 0.15) is 29.6 Å². The zero-order valence-electron chi connectivity index (χ0n) is 8.87. The topological polar surface area (TPSA) is 52.9 Å². The van der Waals surface area contributed by atoms with Gasteiger partial charge in [-0.05, 0) is 31.0 Å². The molecule has 1 aromatic rings. The third kappa shape index (κ3) is 4.45. The van der Waals surface area contributed by atoms with Crippen molar-refractivity contribution in [3.05, 3.63) is 34.3 Å². The van der Waals surface area contributed by atoms with Crippen molar-refractivity contribution in [3.63, 3.8) is 0 Å². The minimum atomic E-state index is -0.0711.